The standard InChI is InChI=1S/C29H48O2/c1-17(2)18(3)14-25(30)19(4)22-8-9-23-21-15-26(31-7)29-16-20(29)10-13-28(29,6)24(21)11-12-27(22,23)5/h14,17,19-26,30H,8-13,15-16H2,1-7H3/b18-14+/t19-,20+,21-,22+,23-,24-,25+,26+,27+,28+,29-/m0/s1. The van der Waals surface area contributed by atoms with Crippen molar-refractivity contribution in [2.24, 2.45) is 57.7 Å². The van der Waals surface area contributed by atoms with Crippen LogP contribution in [0.25, 0.3) is 0 Å². The topological polar surface area (TPSA) is 29.5 Å². The molecule has 0 radical (unpaired) electrons. The highest BCUT2D eigenvalue weighted by Gasteiger charge is 2.77. The average Bonchev–Trinajstić information content (AvgIpc) is 3.24. The summed E-state index contributed by atoms with van der Waals surface area (Å²) in [7, 11) is 2.00. The predicted octanol–water partition coefficient (Wildman–Crippen LogP) is 6.87. The summed E-state index contributed by atoms with van der Waals surface area (Å²) in [5.41, 5.74) is 2.76. The third-order valence-corrected chi connectivity index (χ3v) is 12.4. The third-order valence-electron chi connectivity index (χ3n) is 12.4. The van der Waals surface area contributed by atoms with E-state index in [1.165, 1.54) is 56.9 Å². The zero-order valence-corrected chi connectivity index (χ0v) is 21.3. The highest BCUT2D eigenvalue weighted by atomic mass is 16.5. The summed E-state index contributed by atoms with van der Waals surface area (Å²) >= 11 is 0. The van der Waals surface area contributed by atoms with Crippen molar-refractivity contribution >= 4 is 0 Å². The molecule has 0 aromatic carbocycles. The number of aliphatic hydroxyl groups is 1. The van der Waals surface area contributed by atoms with Gasteiger partial charge in [0.2, 0.25) is 0 Å². The smallest absolute Gasteiger partial charge is 0.0751 e. The van der Waals surface area contributed by atoms with Gasteiger partial charge in [-0.25, -0.2) is 0 Å². The van der Waals surface area contributed by atoms with Crippen molar-refractivity contribution in [3.8, 4) is 0 Å². The van der Waals surface area contributed by atoms with Crippen LogP contribution < -0.4 is 0 Å². The highest BCUT2D eigenvalue weighted by molar-refractivity contribution is 5.26. The van der Waals surface area contributed by atoms with Crippen molar-refractivity contribution in [2.75, 3.05) is 7.11 Å². The van der Waals surface area contributed by atoms with Gasteiger partial charge in [0, 0.05) is 12.5 Å². The number of hydrogen-bond acceptors (Lipinski definition) is 2. The Hall–Kier alpha value is -0.340. The van der Waals surface area contributed by atoms with Gasteiger partial charge in [-0.3, -0.25) is 0 Å². The quantitative estimate of drug-likeness (QED) is 0.484. The van der Waals surface area contributed by atoms with Crippen LogP contribution in [0.3, 0.4) is 0 Å². The first-order valence-electron chi connectivity index (χ1n) is 13.5. The van der Waals surface area contributed by atoms with Gasteiger partial charge in [0.05, 0.1) is 12.2 Å². The van der Waals surface area contributed by atoms with Crippen molar-refractivity contribution in [1.82, 2.24) is 0 Å². The Morgan fingerprint density at radius 2 is 1.77 bits per heavy atom. The lowest BCUT2D eigenvalue weighted by Gasteiger charge is -2.61. The summed E-state index contributed by atoms with van der Waals surface area (Å²) in [5.74, 6) is 5.04. The second kappa shape index (κ2) is 7.33. The summed E-state index contributed by atoms with van der Waals surface area (Å²) in [6.45, 7) is 14.3. The summed E-state index contributed by atoms with van der Waals surface area (Å²) < 4.78 is 6.28. The van der Waals surface area contributed by atoms with E-state index in [0.717, 1.165) is 23.7 Å². The summed E-state index contributed by atoms with van der Waals surface area (Å²) in [5, 5.41) is 11.1. The van der Waals surface area contributed by atoms with E-state index in [0.29, 0.717) is 40.1 Å². The largest absolute Gasteiger partial charge is 0.389 e. The minimum Gasteiger partial charge on any atom is -0.389 e. The van der Waals surface area contributed by atoms with E-state index in [9.17, 15) is 5.11 Å². The molecule has 176 valence electrons. The average molecular weight is 429 g/mol. The minimum atomic E-state index is -0.304. The van der Waals surface area contributed by atoms with E-state index >= 15 is 0 Å². The summed E-state index contributed by atoms with van der Waals surface area (Å²) in [4.78, 5) is 0. The van der Waals surface area contributed by atoms with Crippen LogP contribution in [0.15, 0.2) is 11.6 Å². The van der Waals surface area contributed by atoms with Crippen molar-refractivity contribution in [3.63, 3.8) is 0 Å². The number of rotatable bonds is 5. The first-order chi connectivity index (χ1) is 14.6. The van der Waals surface area contributed by atoms with Gasteiger partial charge < -0.3 is 9.84 Å². The molecule has 0 heterocycles. The Balaban J connectivity index is 1.40. The van der Waals surface area contributed by atoms with E-state index in [-0.39, 0.29) is 6.10 Å². The number of aliphatic hydroxyl groups excluding tert-OH is 1. The predicted molar refractivity (Wildman–Crippen MR) is 128 cm³/mol. The van der Waals surface area contributed by atoms with Crippen LogP contribution in [0.4, 0.5) is 0 Å². The highest BCUT2D eigenvalue weighted by Crippen LogP contribution is 2.82. The molecule has 0 aromatic heterocycles. The maximum absolute atomic E-state index is 11.1. The number of fused-ring (bicyclic) bond motifs is 4. The van der Waals surface area contributed by atoms with Crippen LogP contribution >= 0.6 is 0 Å². The van der Waals surface area contributed by atoms with Gasteiger partial charge in [-0.1, -0.05) is 46.3 Å². The van der Waals surface area contributed by atoms with Crippen molar-refractivity contribution in [3.05, 3.63) is 11.6 Å². The van der Waals surface area contributed by atoms with Crippen molar-refractivity contribution in [1.29, 1.82) is 0 Å². The number of ether oxygens (including phenoxy) is 1. The lowest BCUT2D eigenvalue weighted by atomic mass is 9.45. The van der Waals surface area contributed by atoms with Gasteiger partial charge in [0.1, 0.15) is 0 Å². The molecular formula is C29H48O2. The minimum absolute atomic E-state index is 0.304. The third kappa shape index (κ3) is 2.89. The lowest BCUT2D eigenvalue weighted by Crippen LogP contribution is -2.57. The van der Waals surface area contributed by atoms with Gasteiger partial charge >= 0.3 is 0 Å². The monoisotopic (exact) mass is 428 g/mol. The molecular weight excluding hydrogens is 380 g/mol. The molecule has 0 bridgehead atoms. The molecule has 5 aliphatic carbocycles. The molecule has 5 fully saturated rings. The van der Waals surface area contributed by atoms with Gasteiger partial charge in [-0.05, 0) is 111 Å². The Bertz CT molecular complexity index is 741. The van der Waals surface area contributed by atoms with E-state index in [1.807, 2.05) is 7.11 Å². The van der Waals surface area contributed by atoms with Gasteiger partial charge in [-0.2, -0.15) is 0 Å². The van der Waals surface area contributed by atoms with Crippen LogP contribution in [0.5, 0.6) is 0 Å². The number of allylic oxidation sites excluding steroid dienone is 1. The van der Waals surface area contributed by atoms with Crippen LogP contribution in [-0.2, 0) is 4.74 Å². The molecule has 2 heteroatoms. The first-order valence-corrected chi connectivity index (χ1v) is 13.5. The Kier molecular flexibility index (Phi) is 5.31. The Morgan fingerprint density at radius 3 is 2.42 bits per heavy atom. The molecule has 5 aliphatic rings. The fourth-order valence-corrected chi connectivity index (χ4v) is 10.3. The van der Waals surface area contributed by atoms with E-state index in [2.05, 4.69) is 47.6 Å². The maximum atomic E-state index is 11.1. The van der Waals surface area contributed by atoms with E-state index in [1.54, 1.807) is 0 Å². The summed E-state index contributed by atoms with van der Waals surface area (Å²) in [6, 6.07) is 0. The second-order valence-corrected chi connectivity index (χ2v) is 13.4. The molecule has 11 atom stereocenters. The fraction of sp³-hybridized carbons (Fsp3) is 0.931. The van der Waals surface area contributed by atoms with Crippen molar-refractivity contribution in [2.45, 2.75) is 105 Å². The van der Waals surface area contributed by atoms with Crippen LogP contribution in [-0.4, -0.2) is 24.4 Å². The lowest BCUT2D eigenvalue weighted by molar-refractivity contribution is -0.162. The molecule has 1 spiro atoms. The van der Waals surface area contributed by atoms with Crippen LogP contribution in [0.2, 0.25) is 0 Å². The van der Waals surface area contributed by atoms with Gasteiger partial charge in [0.25, 0.3) is 0 Å². The number of hydrogen-bond donors (Lipinski definition) is 1. The SMILES string of the molecule is CO[C@@H]1C[C@H]2[C@@H]3CC[C@H]([C@H](C)[C@H](O)/C=C(\C)C(C)C)[C@@]3(C)CC[C@@H]2[C@@]2(C)CC[C@@H]3C[C@]312. The van der Waals surface area contributed by atoms with Crippen LogP contribution in [0.1, 0.15) is 92.9 Å². The second-order valence-electron chi connectivity index (χ2n) is 13.4. The molecule has 0 saturated heterocycles. The molecule has 1 N–H and O–H groups in total. The Morgan fingerprint density at radius 1 is 1.03 bits per heavy atom. The van der Waals surface area contributed by atoms with Crippen molar-refractivity contribution < 1.29 is 9.84 Å². The zero-order chi connectivity index (χ0) is 22.3. The molecule has 5 saturated carbocycles. The molecule has 31 heavy (non-hydrogen) atoms. The molecule has 0 aliphatic heterocycles. The summed E-state index contributed by atoms with van der Waals surface area (Å²) in [6.07, 6.45) is 13.5. The normalized spacial score (nSPS) is 52.9. The Labute approximate surface area is 191 Å². The maximum Gasteiger partial charge on any atom is 0.0751 e. The molecule has 0 aromatic rings. The van der Waals surface area contributed by atoms with E-state index < -0.39 is 0 Å². The van der Waals surface area contributed by atoms with Crippen LogP contribution in [0, 0.1) is 57.7 Å². The molecule has 2 nitrogen and oxygen atoms in total. The molecule has 5 rings (SSSR count). The molecule has 0 unspecified atom stereocenters. The number of methoxy groups -OCH3 is 1. The first kappa shape index (κ1) is 22.5. The molecule has 0 amide bonds. The van der Waals surface area contributed by atoms with Gasteiger partial charge in [-0.15, -0.1) is 0 Å². The van der Waals surface area contributed by atoms with Gasteiger partial charge in [0.15, 0.2) is 0 Å². The zero-order valence-electron chi connectivity index (χ0n) is 21.3. The van der Waals surface area contributed by atoms with E-state index in [4.69, 9.17) is 4.74 Å². The fourth-order valence-electron chi connectivity index (χ4n) is 10.3.